The molecule has 11 rings (SSSR count). The molecule has 0 atom stereocenters. The average Bonchev–Trinajstić information content (AvgIpc) is 3.75. The van der Waals surface area contributed by atoms with Gasteiger partial charge in [-0.25, -0.2) is 0 Å². The Morgan fingerprint density at radius 2 is 0.881 bits per heavy atom. The number of fused-ring (bicyclic) bond motifs is 6. The highest BCUT2D eigenvalue weighted by atomic mass is 15.1. The SMILES string of the molecule is CC1(C)c2ccccc2-c2ccc(N(c3ccc(-c4ccccc4)cc3)c3ccc4c(c3)c3cc(-c5ccccc5)cc(-c5ccccc5)c3n4-c3ccccc3)cc21. The predicted molar refractivity (Wildman–Crippen MR) is 249 cm³/mol. The van der Waals surface area contributed by atoms with Gasteiger partial charge in [0.05, 0.1) is 11.0 Å². The van der Waals surface area contributed by atoms with Gasteiger partial charge in [0.1, 0.15) is 0 Å². The summed E-state index contributed by atoms with van der Waals surface area (Å²) in [5.74, 6) is 0. The van der Waals surface area contributed by atoms with Gasteiger partial charge in [-0.2, -0.15) is 0 Å². The summed E-state index contributed by atoms with van der Waals surface area (Å²) in [6, 6.07) is 79.9. The minimum Gasteiger partial charge on any atom is -0.310 e. The van der Waals surface area contributed by atoms with Crippen LogP contribution in [-0.4, -0.2) is 4.57 Å². The monoisotopic (exact) mass is 754 g/mol. The maximum absolute atomic E-state index is 2.46. The lowest BCUT2D eigenvalue weighted by molar-refractivity contribution is 0.660. The quantitative estimate of drug-likeness (QED) is 0.157. The van der Waals surface area contributed by atoms with Crippen LogP contribution in [0.25, 0.3) is 72.0 Å². The molecule has 1 aliphatic rings. The second kappa shape index (κ2) is 13.9. The van der Waals surface area contributed by atoms with E-state index >= 15 is 0 Å². The molecule has 9 aromatic carbocycles. The van der Waals surface area contributed by atoms with Crippen LogP contribution >= 0.6 is 0 Å². The van der Waals surface area contributed by atoms with Crippen molar-refractivity contribution in [1.82, 2.24) is 4.57 Å². The molecule has 0 unspecified atom stereocenters. The summed E-state index contributed by atoms with van der Waals surface area (Å²) < 4.78 is 2.46. The van der Waals surface area contributed by atoms with Gasteiger partial charge in [-0.15, -0.1) is 0 Å². The molecule has 0 saturated carbocycles. The first-order valence-corrected chi connectivity index (χ1v) is 20.5. The maximum atomic E-state index is 2.46. The third kappa shape index (κ3) is 5.79. The van der Waals surface area contributed by atoms with E-state index in [0.717, 1.165) is 22.7 Å². The molecule has 280 valence electrons. The lowest BCUT2D eigenvalue weighted by atomic mass is 9.82. The van der Waals surface area contributed by atoms with Gasteiger partial charge >= 0.3 is 0 Å². The molecule has 0 aliphatic heterocycles. The van der Waals surface area contributed by atoms with Gasteiger partial charge in [0.25, 0.3) is 0 Å². The minimum atomic E-state index is -0.125. The van der Waals surface area contributed by atoms with Crippen molar-refractivity contribution in [1.29, 1.82) is 0 Å². The number of para-hydroxylation sites is 1. The van der Waals surface area contributed by atoms with E-state index in [2.05, 4.69) is 242 Å². The van der Waals surface area contributed by atoms with E-state index in [9.17, 15) is 0 Å². The van der Waals surface area contributed by atoms with Crippen molar-refractivity contribution < 1.29 is 0 Å². The summed E-state index contributed by atoms with van der Waals surface area (Å²) in [4.78, 5) is 2.44. The first-order chi connectivity index (χ1) is 29.0. The normalized spacial score (nSPS) is 12.7. The van der Waals surface area contributed by atoms with Crippen LogP contribution in [0.1, 0.15) is 25.0 Å². The van der Waals surface area contributed by atoms with E-state index in [1.54, 1.807) is 0 Å². The molecular weight excluding hydrogens is 713 g/mol. The third-order valence-corrected chi connectivity index (χ3v) is 12.4. The number of benzene rings is 9. The molecule has 2 nitrogen and oxygen atoms in total. The molecule has 0 amide bonds. The molecule has 2 heteroatoms. The molecule has 10 aromatic rings. The molecule has 1 aliphatic carbocycles. The molecule has 59 heavy (non-hydrogen) atoms. The number of hydrogen-bond acceptors (Lipinski definition) is 1. The van der Waals surface area contributed by atoms with E-state index < -0.39 is 0 Å². The summed E-state index contributed by atoms with van der Waals surface area (Å²) >= 11 is 0. The molecule has 0 saturated heterocycles. The lowest BCUT2D eigenvalue weighted by Crippen LogP contribution is -2.16. The van der Waals surface area contributed by atoms with Crippen LogP contribution in [0.5, 0.6) is 0 Å². The van der Waals surface area contributed by atoms with Crippen LogP contribution in [0.15, 0.2) is 218 Å². The topological polar surface area (TPSA) is 8.17 Å². The fourth-order valence-electron chi connectivity index (χ4n) is 9.47. The van der Waals surface area contributed by atoms with Gasteiger partial charge in [-0.3, -0.25) is 0 Å². The number of anilines is 3. The Morgan fingerprint density at radius 3 is 1.58 bits per heavy atom. The Balaban J connectivity index is 1.18. The average molecular weight is 755 g/mol. The molecule has 0 bridgehead atoms. The highest BCUT2D eigenvalue weighted by molar-refractivity contribution is 6.16. The summed E-state index contributed by atoms with van der Waals surface area (Å²) in [6.45, 7) is 4.72. The molecule has 0 fully saturated rings. The summed E-state index contributed by atoms with van der Waals surface area (Å²) in [5.41, 5.74) is 19.3. The van der Waals surface area contributed by atoms with Crippen molar-refractivity contribution in [3.8, 4) is 50.2 Å². The van der Waals surface area contributed by atoms with E-state index in [4.69, 9.17) is 0 Å². The highest BCUT2D eigenvalue weighted by Gasteiger charge is 2.36. The fraction of sp³-hybridized carbons (Fsp3) is 0.0526. The van der Waals surface area contributed by atoms with Crippen molar-refractivity contribution in [3.63, 3.8) is 0 Å². The molecule has 0 radical (unpaired) electrons. The second-order valence-corrected chi connectivity index (χ2v) is 16.2. The van der Waals surface area contributed by atoms with Gasteiger partial charge in [-0.05, 0) is 117 Å². The summed E-state index contributed by atoms with van der Waals surface area (Å²) in [7, 11) is 0. The Bertz CT molecular complexity index is 3140. The van der Waals surface area contributed by atoms with Crippen molar-refractivity contribution >= 4 is 38.9 Å². The lowest BCUT2D eigenvalue weighted by Gasteiger charge is -2.28. The molecule has 0 N–H and O–H groups in total. The van der Waals surface area contributed by atoms with E-state index in [1.807, 2.05) is 0 Å². The number of rotatable bonds is 7. The smallest absolute Gasteiger partial charge is 0.0619 e. The van der Waals surface area contributed by atoms with E-state index in [1.165, 1.54) is 77.4 Å². The van der Waals surface area contributed by atoms with Gasteiger partial charge in [0.15, 0.2) is 0 Å². The van der Waals surface area contributed by atoms with Crippen molar-refractivity contribution in [2.24, 2.45) is 0 Å². The van der Waals surface area contributed by atoms with Crippen LogP contribution in [0, 0.1) is 0 Å². The summed E-state index contributed by atoms with van der Waals surface area (Å²) in [6.07, 6.45) is 0. The molecule has 1 heterocycles. The Kier molecular flexibility index (Phi) is 8.20. The molecular formula is C57H42N2. The van der Waals surface area contributed by atoms with Crippen LogP contribution in [-0.2, 0) is 5.41 Å². The zero-order valence-corrected chi connectivity index (χ0v) is 33.2. The second-order valence-electron chi connectivity index (χ2n) is 16.2. The van der Waals surface area contributed by atoms with Crippen LogP contribution < -0.4 is 4.90 Å². The molecule has 1 aromatic heterocycles. The highest BCUT2D eigenvalue weighted by Crippen LogP contribution is 2.51. The standard InChI is InChI=1S/C57H42N2/c1-57(2)53-26-16-15-25-48(53)49-33-31-47(38-54(49)57)58(45-29-27-41(28-30-45)39-17-7-3-8-18-39)46-32-34-55-51(37-46)52-36-43(40-19-9-4-10-20-40)35-50(42-21-11-5-12-22-42)56(52)59(55)44-23-13-6-14-24-44/h3-38H,1-2H3. The van der Waals surface area contributed by atoms with Crippen molar-refractivity contribution in [2.75, 3.05) is 4.90 Å². The first kappa shape index (κ1) is 34.8. The minimum absolute atomic E-state index is 0.125. The predicted octanol–water partition coefficient (Wildman–Crippen LogP) is 15.6. The van der Waals surface area contributed by atoms with Crippen molar-refractivity contribution in [3.05, 3.63) is 230 Å². The van der Waals surface area contributed by atoms with Gasteiger partial charge in [0.2, 0.25) is 0 Å². The largest absolute Gasteiger partial charge is 0.310 e. The Labute approximate surface area is 345 Å². The van der Waals surface area contributed by atoms with Crippen LogP contribution in [0.4, 0.5) is 17.1 Å². The van der Waals surface area contributed by atoms with E-state index in [-0.39, 0.29) is 5.41 Å². The van der Waals surface area contributed by atoms with Crippen molar-refractivity contribution in [2.45, 2.75) is 19.3 Å². The zero-order chi connectivity index (χ0) is 39.5. The Hall–Kier alpha value is -7.42. The Morgan fingerprint density at radius 1 is 0.356 bits per heavy atom. The number of hydrogen-bond donors (Lipinski definition) is 0. The first-order valence-electron chi connectivity index (χ1n) is 20.5. The third-order valence-electron chi connectivity index (χ3n) is 12.4. The fourth-order valence-corrected chi connectivity index (χ4v) is 9.47. The molecule has 0 spiro atoms. The van der Waals surface area contributed by atoms with Gasteiger partial charge in [0, 0.05) is 44.5 Å². The zero-order valence-electron chi connectivity index (χ0n) is 33.2. The maximum Gasteiger partial charge on any atom is 0.0619 e. The summed E-state index contributed by atoms with van der Waals surface area (Å²) in [5, 5.41) is 2.42. The van der Waals surface area contributed by atoms with Crippen LogP contribution in [0.3, 0.4) is 0 Å². The van der Waals surface area contributed by atoms with E-state index in [0.29, 0.717) is 0 Å². The van der Waals surface area contributed by atoms with Crippen LogP contribution in [0.2, 0.25) is 0 Å². The number of nitrogens with zero attached hydrogens (tertiary/aromatic N) is 2. The number of aromatic nitrogens is 1. The van der Waals surface area contributed by atoms with Gasteiger partial charge < -0.3 is 9.47 Å². The van der Waals surface area contributed by atoms with Gasteiger partial charge in [-0.1, -0.05) is 166 Å².